The van der Waals surface area contributed by atoms with E-state index >= 15 is 0 Å². The molecule has 4 N–H and O–H groups in total. The maximum Gasteiger partial charge on any atom is 0.265 e. The minimum atomic E-state index is -1.06. The number of carbonyl (C=O) groups is 1. The fourth-order valence-corrected chi connectivity index (χ4v) is 2.39. The molecule has 1 amide bonds. The zero-order valence-corrected chi connectivity index (χ0v) is 17.3. The zero-order valence-electron chi connectivity index (χ0n) is 17.3. The number of nitrogens with one attached hydrogen (secondary N) is 2. The van der Waals surface area contributed by atoms with E-state index in [2.05, 4.69) is 25.6 Å². The van der Waals surface area contributed by atoms with Gasteiger partial charge in [-0.1, -0.05) is 0 Å². The van der Waals surface area contributed by atoms with Crippen LogP contribution < -0.4 is 15.4 Å². The maximum atomic E-state index is 13.7. The number of ether oxygens (including phenoxy) is 1. The van der Waals surface area contributed by atoms with Gasteiger partial charge in [0.2, 0.25) is 0 Å². The smallest absolute Gasteiger partial charge is 0.265 e. The molecule has 0 fully saturated rings. The lowest BCUT2D eigenvalue weighted by Gasteiger charge is -2.16. The van der Waals surface area contributed by atoms with Crippen LogP contribution >= 0.6 is 0 Å². The fourth-order valence-electron chi connectivity index (χ4n) is 2.39. The highest BCUT2D eigenvalue weighted by atomic mass is 19.1. The number of rotatable bonds is 9. The summed E-state index contributed by atoms with van der Waals surface area (Å²) >= 11 is 0. The number of aliphatic hydroxyl groups excluding tert-OH is 2. The van der Waals surface area contributed by atoms with Crippen molar-refractivity contribution in [2.45, 2.75) is 39.9 Å². The molecular weight excluding hydrogens is 393 g/mol. The van der Waals surface area contributed by atoms with Gasteiger partial charge in [0.25, 0.3) is 5.91 Å². The largest absolute Gasteiger partial charge is 0.489 e. The van der Waals surface area contributed by atoms with Gasteiger partial charge in [0.15, 0.2) is 5.82 Å². The van der Waals surface area contributed by atoms with Crippen molar-refractivity contribution >= 4 is 28.8 Å². The number of anilines is 2. The van der Waals surface area contributed by atoms with Crippen LogP contribution in [0.3, 0.4) is 0 Å². The van der Waals surface area contributed by atoms with Crippen LogP contribution in [-0.4, -0.2) is 57.2 Å². The van der Waals surface area contributed by atoms with E-state index in [9.17, 15) is 14.3 Å². The average molecular weight is 419 g/mol. The topological polar surface area (TPSA) is 129 Å². The van der Waals surface area contributed by atoms with E-state index in [1.54, 1.807) is 6.92 Å². The average Bonchev–Trinajstić information content (AvgIpc) is 2.69. The quantitative estimate of drug-likeness (QED) is 0.458. The standard InChI is InChI=1S/C20H26FN5O4/c1-11(2)30-17-7-14(21)5-6-16(17)26-19-18(12(3)23-10-24-19)25-13(4)20(29)22-8-15(28)9-27/h5-7,10-11,15,27-28H,8-9H2,1-4H3,(H,22,29)(H,23,24,26). The van der Waals surface area contributed by atoms with E-state index in [1.807, 2.05) is 13.8 Å². The Balaban J connectivity index is 2.33. The van der Waals surface area contributed by atoms with Crippen LogP contribution in [0.5, 0.6) is 5.75 Å². The molecule has 9 nitrogen and oxygen atoms in total. The molecule has 2 rings (SSSR count). The second-order valence-corrected chi connectivity index (χ2v) is 6.83. The van der Waals surface area contributed by atoms with Crippen molar-refractivity contribution in [3.8, 4) is 5.75 Å². The summed E-state index contributed by atoms with van der Waals surface area (Å²) in [6.07, 6.45) is 0.117. The molecule has 0 aliphatic carbocycles. The van der Waals surface area contributed by atoms with Crippen LogP contribution in [0, 0.1) is 12.7 Å². The predicted octanol–water partition coefficient (Wildman–Crippen LogP) is 2.02. The molecule has 0 aliphatic heterocycles. The second kappa shape index (κ2) is 10.6. The van der Waals surface area contributed by atoms with Gasteiger partial charge in [0.05, 0.1) is 30.2 Å². The van der Waals surface area contributed by atoms with E-state index in [0.717, 1.165) is 0 Å². The molecule has 2 aromatic rings. The van der Waals surface area contributed by atoms with Crippen LogP contribution in [-0.2, 0) is 4.79 Å². The van der Waals surface area contributed by atoms with Gasteiger partial charge in [0.1, 0.15) is 29.3 Å². The first-order valence-corrected chi connectivity index (χ1v) is 9.38. The molecule has 0 bridgehead atoms. The van der Waals surface area contributed by atoms with E-state index in [4.69, 9.17) is 9.84 Å². The number of hydrogen-bond acceptors (Lipinski definition) is 8. The number of hydrogen-bond donors (Lipinski definition) is 4. The van der Waals surface area contributed by atoms with Gasteiger partial charge in [-0.3, -0.25) is 4.79 Å². The third-order valence-corrected chi connectivity index (χ3v) is 3.88. The summed E-state index contributed by atoms with van der Waals surface area (Å²) in [6, 6.07) is 4.08. The SMILES string of the molecule is CC(=Nc1c(C)ncnc1Nc1ccc(F)cc1OC(C)C)C(=O)NCC(O)CO. The molecule has 1 aromatic heterocycles. The summed E-state index contributed by atoms with van der Waals surface area (Å²) in [5.41, 5.74) is 1.43. The number of benzene rings is 1. The summed E-state index contributed by atoms with van der Waals surface area (Å²) in [5.74, 6) is -0.331. The molecule has 10 heteroatoms. The van der Waals surface area contributed by atoms with Crippen molar-refractivity contribution in [1.29, 1.82) is 0 Å². The lowest BCUT2D eigenvalue weighted by atomic mass is 10.2. The number of aliphatic hydroxyl groups is 2. The molecular formula is C20H26FN5O4. The van der Waals surface area contributed by atoms with Gasteiger partial charge < -0.3 is 25.6 Å². The Morgan fingerprint density at radius 2 is 2.07 bits per heavy atom. The number of aliphatic imine (C=N–C) groups is 1. The molecule has 0 aliphatic rings. The molecule has 0 saturated carbocycles. The van der Waals surface area contributed by atoms with Crippen LogP contribution in [0.2, 0.25) is 0 Å². The monoisotopic (exact) mass is 419 g/mol. The van der Waals surface area contributed by atoms with Crippen molar-refractivity contribution < 1.29 is 24.1 Å². The summed E-state index contributed by atoms with van der Waals surface area (Å²) in [4.78, 5) is 24.8. The van der Waals surface area contributed by atoms with Crippen molar-refractivity contribution in [3.63, 3.8) is 0 Å². The fraction of sp³-hybridized carbons (Fsp3) is 0.400. The van der Waals surface area contributed by atoms with Gasteiger partial charge in [0, 0.05) is 12.6 Å². The lowest BCUT2D eigenvalue weighted by molar-refractivity contribution is -0.115. The summed E-state index contributed by atoms with van der Waals surface area (Å²) < 4.78 is 19.3. The molecule has 1 atom stereocenters. The molecule has 0 radical (unpaired) electrons. The third kappa shape index (κ3) is 6.46. The van der Waals surface area contributed by atoms with E-state index in [-0.39, 0.29) is 18.4 Å². The Morgan fingerprint density at radius 3 is 2.73 bits per heavy atom. The summed E-state index contributed by atoms with van der Waals surface area (Å²) in [6.45, 7) is 6.30. The number of amides is 1. The normalized spacial score (nSPS) is 12.6. The molecule has 162 valence electrons. The minimum Gasteiger partial charge on any atom is -0.489 e. The molecule has 0 spiro atoms. The van der Waals surface area contributed by atoms with E-state index < -0.39 is 24.4 Å². The first-order chi connectivity index (χ1) is 14.2. The van der Waals surface area contributed by atoms with Crippen molar-refractivity contribution in [2.75, 3.05) is 18.5 Å². The first-order valence-electron chi connectivity index (χ1n) is 9.38. The number of halogens is 1. The van der Waals surface area contributed by atoms with Crippen LogP contribution in [0.4, 0.5) is 21.6 Å². The molecule has 1 heterocycles. The Bertz CT molecular complexity index is 920. The minimum absolute atomic E-state index is 0.108. The molecule has 30 heavy (non-hydrogen) atoms. The van der Waals surface area contributed by atoms with Crippen molar-refractivity contribution in [2.24, 2.45) is 4.99 Å². The van der Waals surface area contributed by atoms with E-state index in [1.165, 1.54) is 31.5 Å². The Labute approximate surface area is 174 Å². The highest BCUT2D eigenvalue weighted by molar-refractivity contribution is 6.38. The third-order valence-electron chi connectivity index (χ3n) is 3.88. The van der Waals surface area contributed by atoms with Crippen molar-refractivity contribution in [1.82, 2.24) is 15.3 Å². The van der Waals surface area contributed by atoms with Gasteiger partial charge in [-0.25, -0.2) is 19.4 Å². The van der Waals surface area contributed by atoms with Crippen LogP contribution in [0.25, 0.3) is 0 Å². The van der Waals surface area contributed by atoms with Gasteiger partial charge in [-0.05, 0) is 39.8 Å². The zero-order chi connectivity index (χ0) is 22.3. The summed E-state index contributed by atoms with van der Waals surface area (Å²) in [7, 11) is 0. The van der Waals surface area contributed by atoms with E-state index in [0.29, 0.717) is 28.6 Å². The second-order valence-electron chi connectivity index (χ2n) is 6.83. The number of aromatic nitrogens is 2. The van der Waals surface area contributed by atoms with Crippen LogP contribution in [0.1, 0.15) is 26.5 Å². The Morgan fingerprint density at radius 1 is 1.33 bits per heavy atom. The Hall–Kier alpha value is -3.11. The number of nitrogens with zero attached hydrogens (tertiary/aromatic N) is 3. The van der Waals surface area contributed by atoms with Gasteiger partial charge in [-0.15, -0.1) is 0 Å². The molecule has 1 unspecified atom stereocenters. The van der Waals surface area contributed by atoms with Gasteiger partial charge in [-0.2, -0.15) is 0 Å². The molecule has 0 saturated heterocycles. The predicted molar refractivity (Wildman–Crippen MR) is 111 cm³/mol. The number of carbonyl (C=O) groups excluding carboxylic acids is 1. The lowest BCUT2D eigenvalue weighted by Crippen LogP contribution is -2.37. The highest BCUT2D eigenvalue weighted by Crippen LogP contribution is 2.33. The number of aryl methyl sites for hydroxylation is 1. The van der Waals surface area contributed by atoms with Crippen LogP contribution in [0.15, 0.2) is 29.5 Å². The van der Waals surface area contributed by atoms with Gasteiger partial charge >= 0.3 is 0 Å². The summed E-state index contributed by atoms with van der Waals surface area (Å²) in [5, 5.41) is 23.7. The van der Waals surface area contributed by atoms with Crippen molar-refractivity contribution in [3.05, 3.63) is 36.0 Å². The Kier molecular flexibility index (Phi) is 8.19. The first kappa shape index (κ1) is 23.2. The maximum absolute atomic E-state index is 13.7. The molecule has 1 aromatic carbocycles. The highest BCUT2D eigenvalue weighted by Gasteiger charge is 2.15.